The summed E-state index contributed by atoms with van der Waals surface area (Å²) in [6, 6.07) is 2.29. The number of anilines is 1. The SMILES string of the molecule is C#CCOc1cc(NC(=O)C2=C(C(=O)OC)CCCC2)c(F)cc1Cl. The molecule has 0 radical (unpaired) electrons. The monoisotopic (exact) mass is 365 g/mol. The summed E-state index contributed by atoms with van der Waals surface area (Å²) in [7, 11) is 1.26. The van der Waals surface area contributed by atoms with Crippen LogP contribution in [-0.4, -0.2) is 25.6 Å². The fourth-order valence-corrected chi connectivity index (χ4v) is 2.76. The van der Waals surface area contributed by atoms with Crippen LogP contribution in [0, 0.1) is 18.2 Å². The molecule has 5 nitrogen and oxygen atoms in total. The van der Waals surface area contributed by atoms with Crippen molar-refractivity contribution in [3.63, 3.8) is 0 Å². The highest BCUT2D eigenvalue weighted by Crippen LogP contribution is 2.32. The highest BCUT2D eigenvalue weighted by molar-refractivity contribution is 6.32. The van der Waals surface area contributed by atoms with E-state index in [4.69, 9.17) is 27.5 Å². The zero-order chi connectivity index (χ0) is 18.4. The molecule has 0 fully saturated rings. The van der Waals surface area contributed by atoms with Crippen molar-refractivity contribution in [2.45, 2.75) is 25.7 Å². The quantitative estimate of drug-likeness (QED) is 0.641. The van der Waals surface area contributed by atoms with Crippen molar-refractivity contribution in [1.29, 1.82) is 0 Å². The fraction of sp³-hybridized carbons (Fsp3) is 0.333. The molecular formula is C18H17ClFNO4. The van der Waals surface area contributed by atoms with E-state index < -0.39 is 17.7 Å². The predicted octanol–water partition coefficient (Wildman–Crippen LogP) is 3.47. The van der Waals surface area contributed by atoms with Crippen molar-refractivity contribution in [2.75, 3.05) is 19.0 Å². The lowest BCUT2D eigenvalue weighted by atomic mass is 9.91. The lowest BCUT2D eigenvalue weighted by molar-refractivity contribution is -0.136. The Hall–Kier alpha value is -2.52. The largest absolute Gasteiger partial charge is 0.479 e. The number of ether oxygens (including phenoxy) is 2. The molecule has 0 saturated heterocycles. The normalized spacial score (nSPS) is 13.8. The average molecular weight is 366 g/mol. The van der Waals surface area contributed by atoms with Crippen LogP contribution >= 0.6 is 11.6 Å². The van der Waals surface area contributed by atoms with Crippen LogP contribution in [0.25, 0.3) is 0 Å². The molecule has 132 valence electrons. The number of carbonyl (C=O) groups excluding carboxylic acids is 2. The van der Waals surface area contributed by atoms with Gasteiger partial charge in [0, 0.05) is 17.2 Å². The highest BCUT2D eigenvalue weighted by atomic mass is 35.5. The van der Waals surface area contributed by atoms with Crippen molar-refractivity contribution in [3.05, 3.63) is 34.1 Å². The van der Waals surface area contributed by atoms with E-state index in [0.29, 0.717) is 24.0 Å². The van der Waals surface area contributed by atoms with Crippen molar-refractivity contribution in [3.8, 4) is 18.1 Å². The van der Waals surface area contributed by atoms with Gasteiger partial charge in [-0.05, 0) is 31.7 Å². The third-order valence-electron chi connectivity index (χ3n) is 3.75. The Morgan fingerprint density at radius 1 is 1.32 bits per heavy atom. The van der Waals surface area contributed by atoms with E-state index in [-0.39, 0.29) is 23.1 Å². The maximum absolute atomic E-state index is 14.1. The second-order valence-corrected chi connectivity index (χ2v) is 5.77. The number of hydrogen-bond acceptors (Lipinski definition) is 4. The number of carbonyl (C=O) groups is 2. The van der Waals surface area contributed by atoms with E-state index >= 15 is 0 Å². The van der Waals surface area contributed by atoms with Crippen LogP contribution in [0.4, 0.5) is 10.1 Å². The minimum absolute atomic E-state index is 0.0397. The van der Waals surface area contributed by atoms with Crippen LogP contribution in [0.2, 0.25) is 5.02 Å². The van der Waals surface area contributed by atoms with Crippen LogP contribution in [0.15, 0.2) is 23.3 Å². The van der Waals surface area contributed by atoms with Gasteiger partial charge in [0.2, 0.25) is 0 Å². The van der Waals surface area contributed by atoms with Crippen molar-refractivity contribution in [2.24, 2.45) is 0 Å². The van der Waals surface area contributed by atoms with Gasteiger partial charge in [0.25, 0.3) is 5.91 Å². The summed E-state index contributed by atoms with van der Waals surface area (Å²) >= 11 is 5.89. The standard InChI is InChI=1S/C18H17ClFNO4/c1-3-8-25-16-10-15(14(20)9-13(16)19)21-17(22)11-6-4-5-7-12(11)18(23)24-2/h1,9-10H,4-8H2,2H3,(H,21,22). The summed E-state index contributed by atoms with van der Waals surface area (Å²) < 4.78 is 24.0. The molecule has 1 aromatic rings. The molecule has 0 aromatic heterocycles. The zero-order valence-electron chi connectivity index (χ0n) is 13.7. The fourth-order valence-electron chi connectivity index (χ4n) is 2.56. The van der Waals surface area contributed by atoms with Gasteiger partial charge < -0.3 is 14.8 Å². The number of terminal acetylenes is 1. The van der Waals surface area contributed by atoms with Crippen LogP contribution in [0.1, 0.15) is 25.7 Å². The number of esters is 1. The summed E-state index contributed by atoms with van der Waals surface area (Å²) in [6.45, 7) is -0.0453. The molecule has 0 spiro atoms. The second kappa shape index (κ2) is 8.54. The van der Waals surface area contributed by atoms with Gasteiger partial charge in [0.1, 0.15) is 18.2 Å². The summed E-state index contributed by atoms with van der Waals surface area (Å²) in [5, 5.41) is 2.50. The van der Waals surface area contributed by atoms with Crippen LogP contribution in [-0.2, 0) is 14.3 Å². The van der Waals surface area contributed by atoms with E-state index in [2.05, 4.69) is 11.2 Å². The van der Waals surface area contributed by atoms with Crippen LogP contribution in [0.5, 0.6) is 5.75 Å². The third-order valence-corrected chi connectivity index (χ3v) is 4.05. The molecule has 1 aliphatic carbocycles. The number of amides is 1. The lowest BCUT2D eigenvalue weighted by Crippen LogP contribution is -2.22. The molecule has 0 saturated carbocycles. The molecule has 1 amide bonds. The maximum Gasteiger partial charge on any atom is 0.334 e. The van der Waals surface area contributed by atoms with Crippen LogP contribution in [0.3, 0.4) is 0 Å². The Balaban J connectivity index is 2.29. The molecule has 0 aliphatic heterocycles. The number of methoxy groups -OCH3 is 1. The first-order valence-electron chi connectivity index (χ1n) is 7.65. The first-order valence-corrected chi connectivity index (χ1v) is 8.02. The summed E-state index contributed by atoms with van der Waals surface area (Å²) in [6.07, 6.45) is 7.55. The van der Waals surface area contributed by atoms with Crippen molar-refractivity contribution in [1.82, 2.24) is 0 Å². The Morgan fingerprint density at radius 2 is 2.00 bits per heavy atom. The van der Waals surface area contributed by atoms with Crippen molar-refractivity contribution >= 4 is 29.2 Å². The number of halogens is 2. The van der Waals surface area contributed by atoms with E-state index in [1.807, 2.05) is 0 Å². The van der Waals surface area contributed by atoms with Gasteiger partial charge in [-0.2, -0.15) is 0 Å². The minimum Gasteiger partial charge on any atom is -0.479 e. The van der Waals surface area contributed by atoms with Crippen molar-refractivity contribution < 1.29 is 23.5 Å². The lowest BCUT2D eigenvalue weighted by Gasteiger charge is -2.19. The maximum atomic E-state index is 14.1. The second-order valence-electron chi connectivity index (χ2n) is 5.37. The highest BCUT2D eigenvalue weighted by Gasteiger charge is 2.25. The molecule has 0 heterocycles. The average Bonchev–Trinajstić information content (AvgIpc) is 2.62. The number of nitrogens with one attached hydrogen (secondary N) is 1. The van der Waals surface area contributed by atoms with Gasteiger partial charge in [-0.25, -0.2) is 9.18 Å². The molecule has 0 bridgehead atoms. The van der Waals surface area contributed by atoms with Crippen LogP contribution < -0.4 is 10.1 Å². The summed E-state index contributed by atoms with van der Waals surface area (Å²) in [5.74, 6) is 0.615. The number of hydrogen-bond donors (Lipinski definition) is 1. The Bertz CT molecular complexity index is 767. The van der Waals surface area contributed by atoms with Gasteiger partial charge in [-0.15, -0.1) is 6.42 Å². The van der Waals surface area contributed by atoms with E-state index in [0.717, 1.165) is 18.9 Å². The topological polar surface area (TPSA) is 64.6 Å². The van der Waals surface area contributed by atoms with Gasteiger partial charge in [-0.1, -0.05) is 17.5 Å². The molecule has 0 unspecified atom stereocenters. The Labute approximate surface area is 150 Å². The first-order chi connectivity index (χ1) is 12.0. The van der Waals surface area contributed by atoms with E-state index in [9.17, 15) is 14.0 Å². The molecular weight excluding hydrogens is 349 g/mol. The van der Waals surface area contributed by atoms with Gasteiger partial charge in [-0.3, -0.25) is 4.79 Å². The first kappa shape index (κ1) is 18.8. The van der Waals surface area contributed by atoms with E-state index in [1.54, 1.807) is 0 Å². The minimum atomic E-state index is -0.720. The molecule has 7 heteroatoms. The molecule has 0 atom stereocenters. The molecule has 1 aromatic carbocycles. The van der Waals surface area contributed by atoms with E-state index in [1.165, 1.54) is 13.2 Å². The summed E-state index contributed by atoms with van der Waals surface area (Å²) in [4.78, 5) is 24.3. The number of benzene rings is 1. The Kier molecular flexibility index (Phi) is 6.43. The Morgan fingerprint density at radius 3 is 2.64 bits per heavy atom. The molecule has 1 aliphatic rings. The molecule has 1 N–H and O–H groups in total. The van der Waals surface area contributed by atoms with Gasteiger partial charge >= 0.3 is 5.97 Å². The number of rotatable bonds is 5. The predicted molar refractivity (Wildman–Crippen MR) is 91.9 cm³/mol. The molecule has 25 heavy (non-hydrogen) atoms. The zero-order valence-corrected chi connectivity index (χ0v) is 14.4. The van der Waals surface area contributed by atoms with Gasteiger partial charge in [0.15, 0.2) is 0 Å². The third kappa shape index (κ3) is 4.52. The van der Waals surface area contributed by atoms with Gasteiger partial charge in [0.05, 0.1) is 17.8 Å². The summed E-state index contributed by atoms with van der Waals surface area (Å²) in [5.41, 5.74) is 0.520. The smallest absolute Gasteiger partial charge is 0.334 e. The molecule has 2 rings (SSSR count).